The third kappa shape index (κ3) is 2.36. The molecule has 2 rings (SSSR count). The molecule has 0 amide bonds. The zero-order valence-electron chi connectivity index (χ0n) is 11.3. The van der Waals surface area contributed by atoms with Gasteiger partial charge in [0.1, 0.15) is 17.1 Å². The Morgan fingerprint density at radius 1 is 1.28 bits per heavy atom. The highest BCUT2D eigenvalue weighted by atomic mass is 16.5. The summed E-state index contributed by atoms with van der Waals surface area (Å²) >= 11 is 0. The van der Waals surface area contributed by atoms with Crippen molar-refractivity contribution in [3.05, 3.63) is 35.4 Å². The molecule has 0 aliphatic carbocycles. The number of rotatable bonds is 0. The molecule has 0 saturated carbocycles. The normalized spacial score (nSPS) is 27.6. The van der Waals surface area contributed by atoms with E-state index in [1.807, 2.05) is 39.8 Å². The predicted molar refractivity (Wildman–Crippen MR) is 71.1 cm³/mol. The van der Waals surface area contributed by atoms with E-state index < -0.39 is 11.7 Å². The molecular weight excluding hydrogens is 228 g/mol. The van der Waals surface area contributed by atoms with Gasteiger partial charge in [-0.25, -0.2) is 0 Å². The highest BCUT2D eigenvalue weighted by Crippen LogP contribution is 2.38. The van der Waals surface area contributed by atoms with Gasteiger partial charge in [-0.15, -0.1) is 0 Å². The minimum absolute atomic E-state index is 0.112. The van der Waals surface area contributed by atoms with Crippen LogP contribution >= 0.6 is 0 Å². The highest BCUT2D eigenvalue weighted by Gasteiger charge is 2.27. The number of benzene rings is 1. The van der Waals surface area contributed by atoms with Crippen LogP contribution in [0.25, 0.3) is 0 Å². The van der Waals surface area contributed by atoms with Crippen molar-refractivity contribution in [3.8, 4) is 11.5 Å². The molecule has 0 unspecified atom stereocenters. The second-order valence-electron chi connectivity index (χ2n) is 5.52. The van der Waals surface area contributed by atoms with Gasteiger partial charge in [-0.05, 0) is 44.5 Å². The Balaban J connectivity index is 2.57. The average Bonchev–Trinajstić information content (AvgIpc) is 2.28. The first-order chi connectivity index (χ1) is 8.30. The summed E-state index contributed by atoms with van der Waals surface area (Å²) in [5.74, 6) is 0.851. The molecule has 2 N–H and O–H groups in total. The molecule has 1 aliphatic heterocycles. The Hall–Kier alpha value is -1.48. The Bertz CT molecular complexity index is 489. The molecule has 0 aromatic heterocycles. The van der Waals surface area contributed by atoms with Crippen molar-refractivity contribution in [1.82, 2.24) is 0 Å². The number of aromatic hydroxyl groups is 1. The van der Waals surface area contributed by atoms with Gasteiger partial charge in [-0.3, -0.25) is 0 Å². The molecule has 2 atom stereocenters. The summed E-state index contributed by atoms with van der Waals surface area (Å²) in [5.41, 5.74) is 1.14. The van der Waals surface area contributed by atoms with Crippen molar-refractivity contribution in [3.63, 3.8) is 0 Å². The largest absolute Gasteiger partial charge is 0.508 e. The Morgan fingerprint density at radius 2 is 1.94 bits per heavy atom. The molecule has 1 aromatic rings. The summed E-state index contributed by atoms with van der Waals surface area (Å²) in [6, 6.07) is 3.52. The number of phenols is 1. The molecule has 1 aliphatic rings. The number of hydrogen-bond acceptors (Lipinski definition) is 3. The van der Waals surface area contributed by atoms with Gasteiger partial charge in [0.05, 0.1) is 6.10 Å². The number of aliphatic hydroxyl groups excluding tert-OH is 1. The lowest BCUT2D eigenvalue weighted by Crippen LogP contribution is -2.29. The van der Waals surface area contributed by atoms with Crippen molar-refractivity contribution in [2.24, 2.45) is 0 Å². The number of aliphatic hydroxyl groups is 1. The third-order valence-electron chi connectivity index (χ3n) is 3.40. The lowest BCUT2D eigenvalue weighted by molar-refractivity contribution is 0.139. The van der Waals surface area contributed by atoms with E-state index in [4.69, 9.17) is 4.74 Å². The highest BCUT2D eigenvalue weighted by molar-refractivity contribution is 5.48. The van der Waals surface area contributed by atoms with Gasteiger partial charge < -0.3 is 14.9 Å². The molecule has 0 saturated heterocycles. The van der Waals surface area contributed by atoms with E-state index in [1.165, 1.54) is 0 Å². The van der Waals surface area contributed by atoms with E-state index in [2.05, 4.69) is 0 Å². The summed E-state index contributed by atoms with van der Waals surface area (Å²) in [5, 5.41) is 19.9. The molecule has 3 heteroatoms. The number of fused-ring (bicyclic) bond motifs is 1. The molecule has 0 spiro atoms. The zero-order valence-corrected chi connectivity index (χ0v) is 11.3. The van der Waals surface area contributed by atoms with E-state index in [0.717, 1.165) is 16.9 Å². The maximum Gasteiger partial charge on any atom is 0.124 e. The van der Waals surface area contributed by atoms with E-state index in [1.54, 1.807) is 12.1 Å². The average molecular weight is 248 g/mol. The van der Waals surface area contributed by atoms with E-state index >= 15 is 0 Å². The van der Waals surface area contributed by atoms with E-state index in [0.29, 0.717) is 0 Å². The lowest BCUT2D eigenvalue weighted by atomic mass is 9.90. The molecule has 1 heterocycles. The van der Waals surface area contributed by atoms with Gasteiger partial charge in [0, 0.05) is 11.5 Å². The molecule has 1 aromatic carbocycles. The van der Waals surface area contributed by atoms with Crippen LogP contribution in [-0.2, 0) is 0 Å². The van der Waals surface area contributed by atoms with Gasteiger partial charge in [0.2, 0.25) is 0 Å². The minimum atomic E-state index is -0.575. The zero-order chi connectivity index (χ0) is 13.5. The van der Waals surface area contributed by atoms with Crippen LogP contribution in [0.1, 0.15) is 37.8 Å². The first-order valence-corrected chi connectivity index (χ1v) is 6.20. The molecular formula is C15H20O3. The van der Waals surface area contributed by atoms with Gasteiger partial charge in [-0.1, -0.05) is 13.0 Å². The van der Waals surface area contributed by atoms with Crippen LogP contribution in [-0.4, -0.2) is 21.9 Å². The summed E-state index contributed by atoms with van der Waals surface area (Å²) in [7, 11) is 0. The fourth-order valence-corrected chi connectivity index (χ4v) is 2.13. The Morgan fingerprint density at radius 3 is 2.61 bits per heavy atom. The van der Waals surface area contributed by atoms with Gasteiger partial charge in [-0.2, -0.15) is 0 Å². The first kappa shape index (κ1) is 13.0. The molecule has 98 valence electrons. The maximum absolute atomic E-state index is 10.1. The van der Waals surface area contributed by atoms with E-state index in [-0.39, 0.29) is 11.7 Å². The summed E-state index contributed by atoms with van der Waals surface area (Å²) < 4.78 is 5.97. The van der Waals surface area contributed by atoms with Crippen LogP contribution in [0.4, 0.5) is 0 Å². The fraction of sp³-hybridized carbons (Fsp3) is 0.467. The number of phenolic OH excluding ortho intramolecular Hbond substituents is 1. The van der Waals surface area contributed by atoms with E-state index in [9.17, 15) is 10.2 Å². The first-order valence-electron chi connectivity index (χ1n) is 6.20. The molecule has 0 radical (unpaired) electrons. The van der Waals surface area contributed by atoms with Crippen molar-refractivity contribution in [1.29, 1.82) is 0 Å². The summed E-state index contributed by atoms with van der Waals surface area (Å²) in [6.45, 7) is 7.64. The SMILES string of the molecule is Cc1cc2c(cc1O)[C@@H](C)[C@H](O)/C=C\C(C)(C)O2. The topological polar surface area (TPSA) is 49.7 Å². The van der Waals surface area contributed by atoms with Crippen LogP contribution in [0.3, 0.4) is 0 Å². The van der Waals surface area contributed by atoms with Gasteiger partial charge >= 0.3 is 0 Å². The lowest BCUT2D eigenvalue weighted by Gasteiger charge is -2.30. The van der Waals surface area contributed by atoms with Crippen molar-refractivity contribution in [2.75, 3.05) is 0 Å². The molecule has 3 nitrogen and oxygen atoms in total. The quantitative estimate of drug-likeness (QED) is 0.694. The van der Waals surface area contributed by atoms with Crippen LogP contribution in [0.5, 0.6) is 11.5 Å². The maximum atomic E-state index is 10.1. The summed E-state index contributed by atoms with van der Waals surface area (Å²) in [4.78, 5) is 0. The van der Waals surface area contributed by atoms with Gasteiger partial charge in [0.15, 0.2) is 0 Å². The third-order valence-corrected chi connectivity index (χ3v) is 3.40. The Labute approximate surface area is 108 Å². The van der Waals surface area contributed by atoms with Crippen molar-refractivity contribution >= 4 is 0 Å². The Kier molecular flexibility index (Phi) is 3.11. The van der Waals surface area contributed by atoms with Crippen LogP contribution < -0.4 is 4.74 Å². The molecule has 0 fully saturated rings. The fourth-order valence-electron chi connectivity index (χ4n) is 2.13. The molecule has 18 heavy (non-hydrogen) atoms. The smallest absolute Gasteiger partial charge is 0.124 e. The van der Waals surface area contributed by atoms with Crippen molar-refractivity contribution < 1.29 is 14.9 Å². The summed E-state index contributed by atoms with van der Waals surface area (Å²) in [6.07, 6.45) is 3.05. The molecule has 0 bridgehead atoms. The van der Waals surface area contributed by atoms with Gasteiger partial charge in [0.25, 0.3) is 0 Å². The van der Waals surface area contributed by atoms with Crippen LogP contribution in [0.15, 0.2) is 24.3 Å². The van der Waals surface area contributed by atoms with Crippen LogP contribution in [0, 0.1) is 6.92 Å². The van der Waals surface area contributed by atoms with Crippen molar-refractivity contribution in [2.45, 2.75) is 45.3 Å². The number of aryl methyl sites for hydroxylation is 1. The second-order valence-corrected chi connectivity index (χ2v) is 5.52. The second kappa shape index (κ2) is 4.32. The van der Waals surface area contributed by atoms with Crippen LogP contribution in [0.2, 0.25) is 0 Å². The monoisotopic (exact) mass is 248 g/mol. The predicted octanol–water partition coefficient (Wildman–Crippen LogP) is 2.89. The number of hydrogen-bond donors (Lipinski definition) is 2. The number of ether oxygens (including phenoxy) is 1. The minimum Gasteiger partial charge on any atom is -0.508 e. The standard InChI is InChI=1S/C15H20O3/c1-9-7-14-11(8-13(9)17)10(2)12(16)5-6-15(3,4)18-14/h5-8,10,12,16-17H,1-4H3/b6-5-/t10-,12-/m1/s1.